The Morgan fingerprint density at radius 3 is 2.53 bits per heavy atom. The molecular weight excluding hydrogens is 392 g/mol. The van der Waals surface area contributed by atoms with Crippen LogP contribution in [0.3, 0.4) is 0 Å². The van der Waals surface area contributed by atoms with Crippen LogP contribution in [-0.2, 0) is 0 Å². The lowest BCUT2D eigenvalue weighted by atomic mass is 9.51. The Morgan fingerprint density at radius 1 is 1.10 bits per heavy atom. The molecule has 1 saturated carbocycles. The zero-order valence-electron chi connectivity index (χ0n) is 19.8. The van der Waals surface area contributed by atoms with Gasteiger partial charge in [-0.2, -0.15) is 0 Å². The molecule has 30 heavy (non-hydrogen) atoms. The molecule has 0 spiro atoms. The van der Waals surface area contributed by atoms with Crippen LogP contribution in [-0.4, -0.2) is 27.8 Å². The van der Waals surface area contributed by atoms with Gasteiger partial charge in [0.15, 0.2) is 0 Å². The average molecular weight is 435 g/mol. The van der Waals surface area contributed by atoms with Crippen LogP contribution in [0, 0.1) is 34.5 Å². The molecule has 4 aliphatic rings. The molecule has 0 amide bonds. The first kappa shape index (κ1) is 22.9. The summed E-state index contributed by atoms with van der Waals surface area (Å²) in [6.07, 6.45) is 11.8. The highest BCUT2D eigenvalue weighted by atomic mass is 35.5. The molecule has 1 unspecified atom stereocenters. The normalized spacial score (nSPS) is 41.6. The van der Waals surface area contributed by atoms with Gasteiger partial charge in [0.05, 0.1) is 17.6 Å². The highest BCUT2D eigenvalue weighted by molar-refractivity contribution is 6.21. The van der Waals surface area contributed by atoms with Gasteiger partial charge in [-0.3, -0.25) is 0 Å². The molecule has 0 aromatic carbocycles. The predicted molar refractivity (Wildman–Crippen MR) is 126 cm³/mol. The zero-order valence-corrected chi connectivity index (χ0v) is 20.5. The van der Waals surface area contributed by atoms with Crippen LogP contribution in [0.5, 0.6) is 0 Å². The Labute approximate surface area is 189 Å². The van der Waals surface area contributed by atoms with Gasteiger partial charge in [-0.15, -0.1) is 11.6 Å². The number of alkyl halides is 1. The molecule has 0 bridgehead atoms. The van der Waals surface area contributed by atoms with E-state index in [0.717, 1.165) is 32.1 Å². The van der Waals surface area contributed by atoms with Crippen LogP contribution in [0.15, 0.2) is 22.8 Å². The maximum atomic E-state index is 10.7. The summed E-state index contributed by atoms with van der Waals surface area (Å²) >= 11 is 6.85. The first-order chi connectivity index (χ1) is 14.1. The van der Waals surface area contributed by atoms with Crippen molar-refractivity contribution in [2.24, 2.45) is 34.5 Å². The molecule has 1 fully saturated rings. The summed E-state index contributed by atoms with van der Waals surface area (Å²) in [7, 11) is 0. The number of fused-ring (bicyclic) bond motifs is 4. The summed E-state index contributed by atoms with van der Waals surface area (Å²) in [5, 5.41) is 20.8. The number of halogens is 1. The van der Waals surface area contributed by atoms with E-state index in [2.05, 4.69) is 40.7 Å². The standard InChI is InChI=1S/C27H43ClO2/c1-16(2)14-24(30)25(28)17(3)21-8-9-22-20-7-6-18-15-19(29)10-12-26(18,4)23(20)11-13-27(21,22)5/h9,16-19,21,24-25,29-30H,6-8,10-15H2,1-5H3/t17?,18-,19-,21+,24-,25+,26-,27+/m0/s1. The number of allylic oxidation sites excluding steroid dienone is 4. The third-order valence-corrected chi connectivity index (χ3v) is 10.4. The van der Waals surface area contributed by atoms with Gasteiger partial charge in [-0.1, -0.05) is 46.3 Å². The molecule has 0 aliphatic heterocycles. The van der Waals surface area contributed by atoms with Crippen molar-refractivity contribution in [1.29, 1.82) is 0 Å². The lowest BCUT2D eigenvalue weighted by molar-refractivity contribution is 0.0218. The molecule has 0 aromatic rings. The predicted octanol–water partition coefficient (Wildman–Crippen LogP) is 6.64. The molecule has 0 aromatic heterocycles. The van der Waals surface area contributed by atoms with Crippen LogP contribution in [0.4, 0.5) is 0 Å². The molecule has 2 N–H and O–H groups in total. The van der Waals surface area contributed by atoms with Crippen molar-refractivity contribution in [3.8, 4) is 0 Å². The van der Waals surface area contributed by atoms with Crippen molar-refractivity contribution < 1.29 is 10.2 Å². The third-order valence-electron chi connectivity index (χ3n) is 9.70. The SMILES string of the molecule is CC(C)C[C@H](O)[C@H](Cl)C(C)[C@H]1CC=C2C3=C(CC[C@@]21C)[C@@]1(C)CC[C@H](O)C[C@@H]1CC3. The topological polar surface area (TPSA) is 40.5 Å². The van der Waals surface area contributed by atoms with Crippen LogP contribution >= 0.6 is 11.6 Å². The van der Waals surface area contributed by atoms with Crippen molar-refractivity contribution in [3.63, 3.8) is 0 Å². The Hall–Kier alpha value is -0.310. The Bertz CT molecular complexity index is 724. The van der Waals surface area contributed by atoms with E-state index < -0.39 is 6.10 Å². The van der Waals surface area contributed by atoms with Crippen molar-refractivity contribution >= 4 is 11.6 Å². The highest BCUT2D eigenvalue weighted by Crippen LogP contribution is 2.64. The van der Waals surface area contributed by atoms with Crippen LogP contribution < -0.4 is 0 Å². The molecule has 8 atom stereocenters. The second kappa shape index (κ2) is 8.23. The number of rotatable bonds is 5. The van der Waals surface area contributed by atoms with Crippen molar-refractivity contribution in [2.75, 3.05) is 0 Å². The van der Waals surface area contributed by atoms with E-state index in [4.69, 9.17) is 11.6 Å². The summed E-state index contributed by atoms with van der Waals surface area (Å²) in [5.41, 5.74) is 5.50. The minimum atomic E-state index is -0.421. The average Bonchev–Trinajstić information content (AvgIpc) is 3.04. The number of aliphatic hydroxyl groups is 2. The third kappa shape index (κ3) is 3.63. The summed E-state index contributed by atoms with van der Waals surface area (Å²) in [4.78, 5) is 0. The van der Waals surface area contributed by atoms with Gasteiger partial charge in [0, 0.05) is 0 Å². The number of hydrogen-bond acceptors (Lipinski definition) is 2. The minimum Gasteiger partial charge on any atom is -0.393 e. The van der Waals surface area contributed by atoms with Crippen LogP contribution in [0.25, 0.3) is 0 Å². The quantitative estimate of drug-likeness (QED) is 0.476. The largest absolute Gasteiger partial charge is 0.393 e. The summed E-state index contributed by atoms with van der Waals surface area (Å²) in [6, 6.07) is 0. The Kier molecular flexibility index (Phi) is 6.28. The maximum Gasteiger partial charge on any atom is 0.0708 e. The van der Waals surface area contributed by atoms with E-state index in [9.17, 15) is 10.2 Å². The van der Waals surface area contributed by atoms with Gasteiger partial charge >= 0.3 is 0 Å². The van der Waals surface area contributed by atoms with Crippen molar-refractivity contribution in [3.05, 3.63) is 22.8 Å². The van der Waals surface area contributed by atoms with Gasteiger partial charge in [-0.05, 0) is 103 Å². The Morgan fingerprint density at radius 2 is 1.83 bits per heavy atom. The first-order valence-corrected chi connectivity index (χ1v) is 12.9. The van der Waals surface area contributed by atoms with Crippen molar-refractivity contribution in [2.45, 2.75) is 110 Å². The molecule has 2 nitrogen and oxygen atoms in total. The fourth-order valence-electron chi connectivity index (χ4n) is 7.85. The van der Waals surface area contributed by atoms with Gasteiger partial charge in [0.25, 0.3) is 0 Å². The lowest BCUT2D eigenvalue weighted by Gasteiger charge is -2.54. The molecule has 170 valence electrons. The molecule has 4 aliphatic carbocycles. The summed E-state index contributed by atoms with van der Waals surface area (Å²) in [6.45, 7) is 11.6. The first-order valence-electron chi connectivity index (χ1n) is 12.5. The second-order valence-electron chi connectivity index (χ2n) is 11.9. The monoisotopic (exact) mass is 434 g/mol. The molecule has 3 heteroatoms. The molecule has 0 heterocycles. The molecule has 0 saturated heterocycles. The zero-order chi connectivity index (χ0) is 21.8. The lowest BCUT2D eigenvalue weighted by Crippen LogP contribution is -2.45. The van der Waals surface area contributed by atoms with Crippen molar-refractivity contribution in [1.82, 2.24) is 0 Å². The van der Waals surface area contributed by atoms with Crippen LogP contribution in [0.2, 0.25) is 0 Å². The highest BCUT2D eigenvalue weighted by Gasteiger charge is 2.53. The fraction of sp³-hybridized carbons (Fsp3) is 0.852. The summed E-state index contributed by atoms with van der Waals surface area (Å²) < 4.78 is 0. The van der Waals surface area contributed by atoms with Gasteiger partial charge < -0.3 is 10.2 Å². The summed E-state index contributed by atoms with van der Waals surface area (Å²) in [5.74, 6) is 1.94. The molecule has 0 radical (unpaired) electrons. The van der Waals surface area contributed by atoms with E-state index in [-0.39, 0.29) is 16.9 Å². The number of hydrogen-bond donors (Lipinski definition) is 2. The molecule has 4 rings (SSSR count). The molecular formula is C27H43ClO2. The van der Waals surface area contributed by atoms with Gasteiger partial charge in [0.2, 0.25) is 0 Å². The second-order valence-corrected chi connectivity index (χ2v) is 12.4. The van der Waals surface area contributed by atoms with Crippen LogP contribution in [0.1, 0.15) is 92.4 Å². The Balaban J connectivity index is 1.57. The van der Waals surface area contributed by atoms with E-state index >= 15 is 0 Å². The van der Waals surface area contributed by atoms with E-state index in [1.165, 1.54) is 25.7 Å². The minimum absolute atomic E-state index is 0.0899. The number of aliphatic hydroxyl groups excluding tert-OH is 2. The fourth-order valence-corrected chi connectivity index (χ4v) is 8.13. The van der Waals surface area contributed by atoms with Gasteiger partial charge in [0.1, 0.15) is 0 Å². The maximum absolute atomic E-state index is 10.7. The van der Waals surface area contributed by atoms with E-state index in [1.807, 2.05) is 0 Å². The smallest absolute Gasteiger partial charge is 0.0708 e. The van der Waals surface area contributed by atoms with E-state index in [0.29, 0.717) is 29.1 Å². The van der Waals surface area contributed by atoms with E-state index in [1.54, 1.807) is 16.7 Å². The van der Waals surface area contributed by atoms with Gasteiger partial charge in [-0.25, -0.2) is 0 Å².